The molecule has 0 N–H and O–H groups in total. The second-order valence-electron chi connectivity index (χ2n) is 14.9. The molecule has 0 atom stereocenters. The van der Waals surface area contributed by atoms with Crippen molar-refractivity contribution in [2.45, 2.75) is 11.1 Å². The van der Waals surface area contributed by atoms with E-state index in [1.807, 2.05) is 0 Å². The van der Waals surface area contributed by atoms with Gasteiger partial charge >= 0.3 is 0 Å². The highest BCUT2D eigenvalue weighted by atomic mass is 16.5. The first-order valence-electron chi connectivity index (χ1n) is 19.2. The number of para-hydroxylation sites is 6. The summed E-state index contributed by atoms with van der Waals surface area (Å²) in [5, 5.41) is 0. The van der Waals surface area contributed by atoms with Gasteiger partial charge in [0.25, 0.3) is 0 Å². The van der Waals surface area contributed by atoms with Crippen LogP contribution in [0.25, 0.3) is 22.3 Å². The summed E-state index contributed by atoms with van der Waals surface area (Å²) in [4.78, 5) is 4.96. The van der Waals surface area contributed by atoms with Crippen molar-refractivity contribution in [3.8, 4) is 45.3 Å². The first-order valence-corrected chi connectivity index (χ1v) is 19.2. The van der Waals surface area contributed by atoms with Crippen LogP contribution < -0.4 is 19.3 Å². The standard InChI is InChI=1S/C52H38N2O2/c1-53-45-27-9-3-21-39(45)35-17-16-20-38(34-35)52(43-25-7-13-31-49(43)56-50-32-14-8-26-44(50)52)54(2)46-28-10-4-22-40(46)36-18-15-19-37(33-36)51(53)41-23-5-11-29-47(41)55-48-30-12-6-24-42(48)51/h3-34H,1-2H3. The van der Waals surface area contributed by atoms with Gasteiger partial charge in [-0.3, -0.25) is 0 Å². The van der Waals surface area contributed by atoms with Crippen LogP contribution in [0.15, 0.2) is 194 Å². The van der Waals surface area contributed by atoms with Gasteiger partial charge in [0.2, 0.25) is 0 Å². The molecule has 0 amide bonds. The highest BCUT2D eigenvalue weighted by Gasteiger charge is 2.50. The molecule has 56 heavy (non-hydrogen) atoms. The van der Waals surface area contributed by atoms with Crippen molar-refractivity contribution in [1.82, 2.24) is 0 Å². The van der Waals surface area contributed by atoms with Crippen LogP contribution in [0.4, 0.5) is 11.4 Å². The lowest BCUT2D eigenvalue weighted by Crippen LogP contribution is -2.48. The quantitative estimate of drug-likeness (QED) is 0.156. The smallest absolute Gasteiger partial charge is 0.133 e. The first kappa shape index (κ1) is 32.4. The molecule has 0 radical (unpaired) electrons. The molecule has 3 heterocycles. The van der Waals surface area contributed by atoms with E-state index in [1.165, 1.54) is 0 Å². The molecule has 0 unspecified atom stereocenters. The molecule has 2 spiro atoms. The number of fused-ring (bicyclic) bond motifs is 18. The fraction of sp³-hybridized carbons (Fsp3) is 0.0769. The SMILES string of the molecule is CN1c2ccccc2-c2cccc(c2)C2(c3ccccc3Oc3ccccc32)N(C)c2ccccc2-c2cccc(c2)C12c1ccccc1Oc1ccccc12. The Bertz CT molecular complexity index is 2560. The molecule has 4 heteroatoms. The van der Waals surface area contributed by atoms with Crippen molar-refractivity contribution in [2.75, 3.05) is 23.9 Å². The molecule has 3 aliphatic rings. The molecule has 0 aliphatic carbocycles. The summed E-state index contributed by atoms with van der Waals surface area (Å²) in [6.45, 7) is 0. The lowest BCUT2D eigenvalue weighted by atomic mass is 9.71. The zero-order valence-electron chi connectivity index (χ0n) is 31.2. The van der Waals surface area contributed by atoms with Crippen LogP contribution in [0.3, 0.4) is 0 Å². The van der Waals surface area contributed by atoms with Gasteiger partial charge in [-0.2, -0.15) is 0 Å². The van der Waals surface area contributed by atoms with Crippen LogP contribution in [0, 0.1) is 0 Å². The van der Waals surface area contributed by atoms with Gasteiger partial charge in [-0.05, 0) is 70.8 Å². The summed E-state index contributed by atoms with van der Waals surface area (Å²) in [6.07, 6.45) is 0. The molecule has 268 valence electrons. The Hall–Kier alpha value is -7.04. The largest absolute Gasteiger partial charge is 0.457 e. The van der Waals surface area contributed by atoms with Crippen LogP contribution in [-0.4, -0.2) is 14.1 Å². The third kappa shape index (κ3) is 4.35. The third-order valence-corrected chi connectivity index (χ3v) is 12.3. The predicted octanol–water partition coefficient (Wildman–Crippen LogP) is 12.4. The zero-order valence-corrected chi connectivity index (χ0v) is 31.2. The number of nitrogens with zero attached hydrogens (tertiary/aromatic N) is 2. The zero-order chi connectivity index (χ0) is 37.4. The molecular formula is C52H38N2O2. The second-order valence-corrected chi connectivity index (χ2v) is 14.9. The van der Waals surface area contributed by atoms with E-state index in [0.717, 1.165) is 90.0 Å². The molecule has 0 aromatic heterocycles. The Balaban J connectivity index is 1.30. The van der Waals surface area contributed by atoms with E-state index in [1.54, 1.807) is 0 Å². The molecular weight excluding hydrogens is 685 g/mol. The van der Waals surface area contributed by atoms with Crippen molar-refractivity contribution < 1.29 is 9.47 Å². The molecule has 8 aromatic carbocycles. The predicted molar refractivity (Wildman–Crippen MR) is 226 cm³/mol. The highest BCUT2D eigenvalue weighted by molar-refractivity contribution is 5.86. The molecule has 0 saturated carbocycles. The van der Waals surface area contributed by atoms with Crippen molar-refractivity contribution >= 4 is 11.4 Å². The van der Waals surface area contributed by atoms with E-state index in [9.17, 15) is 0 Å². The van der Waals surface area contributed by atoms with Crippen LogP contribution in [0.1, 0.15) is 33.4 Å². The number of anilines is 2. The number of hydrogen-bond acceptors (Lipinski definition) is 4. The van der Waals surface area contributed by atoms with Crippen LogP contribution in [0.2, 0.25) is 0 Å². The van der Waals surface area contributed by atoms with Gasteiger partial charge in [-0.1, -0.05) is 146 Å². The Labute approximate surface area is 327 Å². The average Bonchev–Trinajstić information content (AvgIpc) is 3.26. The van der Waals surface area contributed by atoms with E-state index < -0.39 is 11.1 Å². The van der Waals surface area contributed by atoms with Gasteiger partial charge in [0.05, 0.1) is 0 Å². The molecule has 8 aromatic rings. The number of ether oxygens (including phenoxy) is 2. The Morgan fingerprint density at radius 3 is 1.04 bits per heavy atom. The topological polar surface area (TPSA) is 24.9 Å². The maximum atomic E-state index is 6.71. The number of hydrogen-bond donors (Lipinski definition) is 0. The summed E-state index contributed by atoms with van der Waals surface area (Å²) in [6, 6.07) is 70.0. The summed E-state index contributed by atoms with van der Waals surface area (Å²) in [5.41, 5.74) is 11.9. The van der Waals surface area contributed by atoms with Gasteiger partial charge in [-0.15, -0.1) is 0 Å². The number of benzene rings is 8. The van der Waals surface area contributed by atoms with Crippen LogP contribution >= 0.6 is 0 Å². The minimum atomic E-state index is -0.750. The highest BCUT2D eigenvalue weighted by Crippen LogP contribution is 2.58. The average molecular weight is 723 g/mol. The Kier molecular flexibility index (Phi) is 7.08. The Morgan fingerprint density at radius 2 is 0.661 bits per heavy atom. The van der Waals surface area contributed by atoms with E-state index >= 15 is 0 Å². The minimum Gasteiger partial charge on any atom is -0.457 e. The molecule has 0 saturated heterocycles. The summed E-state index contributed by atoms with van der Waals surface area (Å²) < 4.78 is 13.4. The van der Waals surface area contributed by atoms with Gasteiger partial charge in [0, 0.05) is 58.9 Å². The molecule has 4 bridgehead atoms. The Morgan fingerprint density at radius 1 is 0.339 bits per heavy atom. The lowest BCUT2D eigenvalue weighted by molar-refractivity contribution is 0.414. The summed E-state index contributed by atoms with van der Waals surface area (Å²) in [5.74, 6) is 3.40. The van der Waals surface area contributed by atoms with Gasteiger partial charge < -0.3 is 19.3 Å². The first-order chi connectivity index (χ1) is 27.6. The second kappa shape index (κ2) is 12.2. The van der Waals surface area contributed by atoms with Crippen molar-refractivity contribution in [1.29, 1.82) is 0 Å². The fourth-order valence-electron chi connectivity index (χ4n) is 9.88. The van der Waals surface area contributed by atoms with E-state index in [2.05, 4.69) is 218 Å². The monoisotopic (exact) mass is 722 g/mol. The normalized spacial score (nSPS) is 15.1. The van der Waals surface area contributed by atoms with Crippen LogP contribution in [0.5, 0.6) is 23.0 Å². The maximum absolute atomic E-state index is 6.71. The van der Waals surface area contributed by atoms with Gasteiger partial charge in [-0.25, -0.2) is 0 Å². The summed E-state index contributed by atoms with van der Waals surface area (Å²) in [7, 11) is 4.49. The molecule has 11 rings (SSSR count). The van der Waals surface area contributed by atoms with Gasteiger partial charge in [0.1, 0.15) is 34.1 Å². The van der Waals surface area contributed by atoms with Crippen molar-refractivity contribution in [3.05, 3.63) is 228 Å². The van der Waals surface area contributed by atoms with Crippen molar-refractivity contribution in [3.63, 3.8) is 0 Å². The minimum absolute atomic E-state index is 0.750. The molecule has 3 aliphatic heterocycles. The van der Waals surface area contributed by atoms with E-state index in [-0.39, 0.29) is 0 Å². The summed E-state index contributed by atoms with van der Waals surface area (Å²) >= 11 is 0. The van der Waals surface area contributed by atoms with E-state index in [4.69, 9.17) is 9.47 Å². The lowest BCUT2D eigenvalue weighted by Gasteiger charge is -2.49. The van der Waals surface area contributed by atoms with Crippen molar-refractivity contribution in [2.24, 2.45) is 0 Å². The van der Waals surface area contributed by atoms with Gasteiger partial charge in [0.15, 0.2) is 0 Å². The third-order valence-electron chi connectivity index (χ3n) is 12.3. The number of rotatable bonds is 0. The maximum Gasteiger partial charge on any atom is 0.133 e. The fourth-order valence-corrected chi connectivity index (χ4v) is 9.88. The van der Waals surface area contributed by atoms with E-state index in [0.29, 0.717) is 0 Å². The molecule has 4 nitrogen and oxygen atoms in total. The van der Waals surface area contributed by atoms with Crippen LogP contribution in [-0.2, 0) is 11.1 Å². The molecule has 0 fully saturated rings.